The molecule has 12 aromatic rings. The van der Waals surface area contributed by atoms with Crippen molar-refractivity contribution in [1.29, 1.82) is 0 Å². The number of carboxylic acids is 1. The first kappa shape index (κ1) is 101. The van der Waals surface area contributed by atoms with Gasteiger partial charge in [-0.05, 0) is 237 Å². The fraction of sp³-hybridized carbons (Fsp3) is 0.275. The summed E-state index contributed by atoms with van der Waals surface area (Å²) in [5.74, 6) is -1.26. The summed E-state index contributed by atoms with van der Waals surface area (Å²) in [5, 5.41) is 32.3. The van der Waals surface area contributed by atoms with Gasteiger partial charge in [-0.25, -0.2) is 54.1 Å². The molecule has 36 nitrogen and oxygen atoms in total. The molecule has 131 heavy (non-hydrogen) atoms. The predicted molar refractivity (Wildman–Crippen MR) is 518 cm³/mol. The highest BCUT2D eigenvalue weighted by molar-refractivity contribution is 14.1. The predicted octanol–water partition coefficient (Wildman–Crippen LogP) is 14.6. The van der Waals surface area contributed by atoms with Crippen LogP contribution >= 0.6 is 57.9 Å². The lowest BCUT2D eigenvalue weighted by atomic mass is 9.90. The van der Waals surface area contributed by atoms with Gasteiger partial charge in [0.05, 0.1) is 12.6 Å². The summed E-state index contributed by atoms with van der Waals surface area (Å²) in [6, 6.07) is 48.8. The normalized spacial score (nSPS) is 14.2. The highest BCUT2D eigenvalue weighted by Crippen LogP contribution is 2.30. The molecule has 2 saturated carbocycles. The summed E-state index contributed by atoms with van der Waals surface area (Å²) in [4.78, 5) is 153. The standard InChI is InChI=1S/C27H33N7O4.C17H15N5O2S.C17H14N4O3S.C14H14IN3O2S.C11H22N2O2.C5H5NO/c1-27(2,3)38-26(37)32-21-9-5-4-8-20(21)31-25-29-16-19(23(28)36)24(33-25)30-17-11-13-18(14-12-17)34-15-7-6-10-22(34)35;1-25-17-19-10-13(15(18)24)16(21-17)20-11-5-7-12(8-6-11)22-9-3-2-4-14(22)23;1-25-17-18-10-13(16(23)24)15(20-17)19-11-5-7-12(8-6-11)21-9-3-2-4-14(21)22;1-3-20-13(19)11-8-16-14(21-2)18-12(11)17-10-6-4-9(15)5-7-10;1-11(2,3)15-10(14)13-9-7-5-4-6-8(9)12;7-5-3-1-2-4-6-5/h6-7,10-16,20-21H,4-5,8-9H2,1-3H3,(H2,28,36)(H,32,37)(H2,29,30,31,33);2-10H,1H3,(H2,18,24)(H,19,20,21);2-10H,1H3,(H,23,24)(H,18,19,20);4-8H,3H2,1-2H3,(H,16,17,18);8-9H,4-7,12H2,1-3H3,(H,13,14);1-4H,(H,6,7)/t20-,21+;;;;8-,9+;/m1...1./s1. The van der Waals surface area contributed by atoms with E-state index in [1.165, 1.54) is 98.0 Å². The minimum absolute atomic E-state index is 0.0128. The number of nitrogens with one attached hydrogen (secondary N) is 8. The molecule has 4 amide bonds. The van der Waals surface area contributed by atoms with Crippen LogP contribution in [0.1, 0.15) is 141 Å². The Morgan fingerprint density at radius 2 is 0.824 bits per heavy atom. The molecule has 686 valence electrons. The number of carboxylic acid groups (broad SMARTS) is 1. The van der Waals surface area contributed by atoms with E-state index >= 15 is 0 Å². The van der Waals surface area contributed by atoms with E-state index in [2.05, 4.69) is 105 Å². The first-order chi connectivity index (χ1) is 62.7. The number of carbonyl (C=O) groups is 6. The molecule has 0 unspecified atom stereocenters. The monoisotopic (exact) mass is 1950 g/mol. The molecule has 0 spiro atoms. The van der Waals surface area contributed by atoms with Gasteiger partial charge in [-0.15, -0.1) is 0 Å². The summed E-state index contributed by atoms with van der Waals surface area (Å²) >= 11 is 6.34. The van der Waals surface area contributed by atoms with Crippen LogP contribution < -0.4 is 76.7 Å². The smallest absolute Gasteiger partial charge is 0.407 e. The van der Waals surface area contributed by atoms with Crippen LogP contribution in [-0.2, 0) is 14.2 Å². The SMILES string of the molecule is CC(C)(C)OC(=O)N[C@H]1CCCC[C@H]1N.CC(C)(C)OC(=O)N[C@H]1CCCC[C@H]1Nc1ncc(C(N)=O)c(Nc2ccc(-n3ccccc3=O)cc2)n1.CCOC(=O)c1cnc(SC)nc1Nc1ccc(I)cc1.CSc1ncc(C(=O)O)c(Nc2ccc(-n3ccccc3=O)cc2)n1.CSc1ncc(C(N)=O)c(Nc2ccc(-n3ccccc3=O)cc2)n1.O=c1cccc[nH]1. The van der Waals surface area contributed by atoms with E-state index in [4.69, 9.17) is 31.4 Å². The van der Waals surface area contributed by atoms with Crippen molar-refractivity contribution < 1.29 is 48.1 Å². The fourth-order valence-electron chi connectivity index (χ4n) is 12.5. The molecular weight excluding hydrogens is 1850 g/mol. The van der Waals surface area contributed by atoms with E-state index in [0.29, 0.717) is 73.7 Å². The molecule has 4 aromatic carbocycles. The van der Waals surface area contributed by atoms with Gasteiger partial charge in [0.15, 0.2) is 15.5 Å². The molecule has 4 atom stereocenters. The van der Waals surface area contributed by atoms with Gasteiger partial charge in [-0.2, -0.15) is 4.98 Å². The first-order valence-electron chi connectivity index (χ1n) is 41.1. The molecule has 2 aliphatic carbocycles. The number of anilines is 9. The lowest BCUT2D eigenvalue weighted by molar-refractivity contribution is 0.0475. The zero-order chi connectivity index (χ0) is 94.7. The number of ether oxygens (including phenoxy) is 3. The van der Waals surface area contributed by atoms with E-state index in [1.807, 2.05) is 84.6 Å². The zero-order valence-corrected chi connectivity index (χ0v) is 78.1. The van der Waals surface area contributed by atoms with E-state index < -0.39 is 41.0 Å². The number of rotatable bonds is 23. The van der Waals surface area contributed by atoms with Gasteiger partial charge in [0, 0.05) is 135 Å². The van der Waals surface area contributed by atoms with Crippen LogP contribution in [0.2, 0.25) is 0 Å². The number of H-pyrrole nitrogens is 1. The second kappa shape index (κ2) is 49.6. The Morgan fingerprint density at radius 3 is 1.19 bits per heavy atom. The third-order valence-corrected chi connectivity index (χ3v) is 21.1. The molecule has 15 N–H and O–H groups in total. The maximum Gasteiger partial charge on any atom is 0.407 e. The largest absolute Gasteiger partial charge is 0.477 e. The number of hydrogen-bond acceptors (Lipinski definition) is 30. The second-order valence-corrected chi connectivity index (χ2v) is 34.2. The van der Waals surface area contributed by atoms with Gasteiger partial charge in [0.1, 0.15) is 56.7 Å². The number of nitrogens with zero attached hydrogens (tertiary/aromatic N) is 11. The summed E-state index contributed by atoms with van der Waals surface area (Å²) in [5.41, 5.74) is 21.1. The van der Waals surface area contributed by atoms with E-state index in [9.17, 15) is 53.1 Å². The Morgan fingerprint density at radius 1 is 0.466 bits per heavy atom. The summed E-state index contributed by atoms with van der Waals surface area (Å²) in [7, 11) is 0. The number of esters is 1. The Kier molecular flexibility index (Phi) is 38.2. The molecule has 0 radical (unpaired) electrons. The van der Waals surface area contributed by atoms with Crippen molar-refractivity contribution >= 4 is 146 Å². The number of benzene rings is 4. The number of carbonyl (C=O) groups excluding carboxylic acids is 5. The minimum Gasteiger partial charge on any atom is -0.477 e. The topological polar surface area (TPSA) is 515 Å². The highest BCUT2D eigenvalue weighted by Gasteiger charge is 2.31. The molecule has 2 aliphatic rings. The van der Waals surface area contributed by atoms with Crippen LogP contribution in [-0.4, -0.2) is 160 Å². The van der Waals surface area contributed by atoms with Crippen LogP contribution in [0.25, 0.3) is 17.1 Å². The zero-order valence-electron chi connectivity index (χ0n) is 73.5. The van der Waals surface area contributed by atoms with Crippen LogP contribution in [0.5, 0.6) is 0 Å². The number of pyridine rings is 4. The van der Waals surface area contributed by atoms with Gasteiger partial charge < -0.3 is 78.7 Å². The minimum atomic E-state index is -1.11. The lowest BCUT2D eigenvalue weighted by Crippen LogP contribution is -2.50. The molecule has 8 aromatic heterocycles. The molecule has 0 saturated heterocycles. The fourth-order valence-corrected chi connectivity index (χ4v) is 13.9. The second-order valence-electron chi connectivity index (χ2n) is 30.7. The summed E-state index contributed by atoms with van der Waals surface area (Å²) in [6.07, 6.45) is 24.7. The van der Waals surface area contributed by atoms with Crippen LogP contribution in [0.3, 0.4) is 0 Å². The Bertz CT molecular complexity index is 5930. The molecule has 40 heteroatoms. The first-order valence-corrected chi connectivity index (χ1v) is 45.9. The number of hydrogen-bond donors (Lipinski definition) is 12. The number of thioether (sulfide) groups is 3. The molecule has 8 heterocycles. The maximum atomic E-state index is 12.4. The van der Waals surface area contributed by atoms with Crippen molar-refractivity contribution in [3.63, 3.8) is 0 Å². The number of nitrogens with two attached hydrogens (primary N) is 3. The molecule has 0 aliphatic heterocycles. The number of alkyl carbamates (subject to hydrolysis) is 2. The van der Waals surface area contributed by atoms with E-state index in [0.717, 1.165) is 66.3 Å². The highest BCUT2D eigenvalue weighted by atomic mass is 127. The Hall–Kier alpha value is -13.8. The van der Waals surface area contributed by atoms with Crippen molar-refractivity contribution in [3.05, 3.63) is 287 Å². The van der Waals surface area contributed by atoms with Gasteiger partial charge in [-0.3, -0.25) is 42.5 Å². The van der Waals surface area contributed by atoms with E-state index in [1.54, 1.807) is 153 Å². The Balaban J connectivity index is 0.000000186. The number of halogens is 1. The summed E-state index contributed by atoms with van der Waals surface area (Å²) < 4.78 is 21.3. The quantitative estimate of drug-likeness (QED) is 0.00930. The molecule has 0 bridgehead atoms. The lowest BCUT2D eigenvalue weighted by Gasteiger charge is -2.33. The van der Waals surface area contributed by atoms with Crippen molar-refractivity contribution in [2.75, 3.05) is 52.0 Å². The van der Waals surface area contributed by atoms with Gasteiger partial charge in [0.2, 0.25) is 11.5 Å². The number of aromatic carboxylic acids is 1. The van der Waals surface area contributed by atoms with Crippen molar-refractivity contribution in [3.8, 4) is 17.1 Å². The van der Waals surface area contributed by atoms with Gasteiger partial charge >= 0.3 is 24.1 Å². The number of amides is 4. The number of aromatic amines is 1. The molecule has 2 fully saturated rings. The third-order valence-electron chi connectivity index (χ3n) is 18.7. The van der Waals surface area contributed by atoms with Crippen molar-refractivity contribution in [1.82, 2.24) is 69.2 Å². The Labute approximate surface area is 781 Å². The van der Waals surface area contributed by atoms with E-state index in [-0.39, 0.29) is 80.8 Å². The average Bonchev–Trinajstić information content (AvgIpc) is 0.819. The summed E-state index contributed by atoms with van der Waals surface area (Å²) in [6.45, 7) is 13.1. The molecular formula is C91H103IN22O14S3. The van der Waals surface area contributed by atoms with Gasteiger partial charge in [-0.1, -0.05) is 85.2 Å². The van der Waals surface area contributed by atoms with Crippen molar-refractivity contribution in [2.24, 2.45) is 17.2 Å². The number of primary amides is 2. The molecule has 14 rings (SSSR count). The van der Waals surface area contributed by atoms with Crippen LogP contribution in [0.15, 0.2) is 254 Å². The van der Waals surface area contributed by atoms with Crippen LogP contribution in [0.4, 0.5) is 61.6 Å². The van der Waals surface area contributed by atoms with Gasteiger partial charge in [0.25, 0.3) is 28.5 Å². The van der Waals surface area contributed by atoms with Crippen LogP contribution in [0, 0.1) is 3.57 Å². The third kappa shape index (κ3) is 32.4. The maximum absolute atomic E-state index is 12.4. The van der Waals surface area contributed by atoms with Crippen molar-refractivity contribution in [2.45, 2.75) is 151 Å². The number of aromatic nitrogens is 12. The average molecular weight is 1950 g/mol.